The van der Waals surface area contributed by atoms with E-state index < -0.39 is 17.7 Å². The lowest BCUT2D eigenvalue weighted by molar-refractivity contribution is -0.126. The van der Waals surface area contributed by atoms with E-state index >= 15 is 0 Å². The summed E-state index contributed by atoms with van der Waals surface area (Å²) in [5.41, 5.74) is 0.309. The van der Waals surface area contributed by atoms with Gasteiger partial charge in [-0.05, 0) is 38.9 Å². The highest BCUT2D eigenvalue weighted by Gasteiger charge is 2.23. The highest BCUT2D eigenvalue weighted by atomic mass is 35.5. The van der Waals surface area contributed by atoms with Crippen molar-refractivity contribution in [2.45, 2.75) is 25.8 Å². The van der Waals surface area contributed by atoms with Crippen LogP contribution in [0, 0.1) is 17.6 Å². The van der Waals surface area contributed by atoms with Gasteiger partial charge in [-0.25, -0.2) is 8.78 Å². The van der Waals surface area contributed by atoms with Crippen LogP contribution >= 0.6 is 12.4 Å². The molecule has 3 nitrogen and oxygen atoms in total. The molecule has 0 spiro atoms. The lowest BCUT2D eigenvalue weighted by Gasteiger charge is -2.24. The summed E-state index contributed by atoms with van der Waals surface area (Å²) in [5.74, 6) is -1.32. The Labute approximate surface area is 123 Å². The largest absolute Gasteiger partial charge is 0.349 e. The summed E-state index contributed by atoms with van der Waals surface area (Å²) in [6.45, 7) is 3.37. The Morgan fingerprint density at radius 3 is 2.60 bits per heavy atom. The first-order valence-corrected chi connectivity index (χ1v) is 6.54. The minimum Gasteiger partial charge on any atom is -0.349 e. The Bertz CT molecular complexity index is 464. The molecule has 1 fully saturated rings. The minimum atomic E-state index is -0.627. The topological polar surface area (TPSA) is 41.1 Å². The van der Waals surface area contributed by atoms with E-state index in [0.29, 0.717) is 5.56 Å². The summed E-state index contributed by atoms with van der Waals surface area (Å²) in [4.78, 5) is 12.0. The quantitative estimate of drug-likeness (QED) is 0.901. The minimum absolute atomic E-state index is 0. The Kier molecular flexibility index (Phi) is 6.36. The molecular weight excluding hydrogens is 286 g/mol. The fraction of sp³-hybridized carbons (Fsp3) is 0.500. The van der Waals surface area contributed by atoms with Gasteiger partial charge < -0.3 is 10.6 Å². The van der Waals surface area contributed by atoms with Crippen LogP contribution in [0.3, 0.4) is 0 Å². The zero-order valence-electron chi connectivity index (χ0n) is 11.3. The molecular formula is C14H19ClF2N2O. The zero-order chi connectivity index (χ0) is 13.8. The summed E-state index contributed by atoms with van der Waals surface area (Å²) in [6.07, 6.45) is 1.59. The van der Waals surface area contributed by atoms with Crippen LogP contribution in [-0.2, 0) is 4.79 Å². The summed E-state index contributed by atoms with van der Waals surface area (Å²) < 4.78 is 26.4. The van der Waals surface area contributed by atoms with Gasteiger partial charge in [-0.1, -0.05) is 6.07 Å². The maximum atomic E-state index is 13.6. The van der Waals surface area contributed by atoms with E-state index in [-0.39, 0.29) is 24.2 Å². The van der Waals surface area contributed by atoms with Crippen LogP contribution in [0.1, 0.15) is 31.4 Å². The van der Waals surface area contributed by atoms with Crippen LogP contribution in [0.15, 0.2) is 18.2 Å². The van der Waals surface area contributed by atoms with E-state index in [4.69, 9.17) is 0 Å². The van der Waals surface area contributed by atoms with Crippen LogP contribution < -0.4 is 10.6 Å². The molecule has 1 heterocycles. The highest BCUT2D eigenvalue weighted by Crippen LogP contribution is 2.19. The number of amides is 1. The average Bonchev–Trinajstić information content (AvgIpc) is 2.39. The van der Waals surface area contributed by atoms with Crippen molar-refractivity contribution >= 4 is 18.3 Å². The molecule has 0 saturated carbocycles. The number of hydrogen-bond acceptors (Lipinski definition) is 2. The van der Waals surface area contributed by atoms with Crippen LogP contribution in [0.4, 0.5) is 8.78 Å². The van der Waals surface area contributed by atoms with Gasteiger partial charge in [0.15, 0.2) is 0 Å². The van der Waals surface area contributed by atoms with E-state index in [1.807, 2.05) is 0 Å². The third-order valence-electron chi connectivity index (χ3n) is 3.50. The van der Waals surface area contributed by atoms with Crippen molar-refractivity contribution in [1.29, 1.82) is 0 Å². The van der Waals surface area contributed by atoms with Crippen molar-refractivity contribution in [1.82, 2.24) is 10.6 Å². The molecule has 1 unspecified atom stereocenters. The van der Waals surface area contributed by atoms with Crippen molar-refractivity contribution in [3.05, 3.63) is 35.4 Å². The molecule has 1 aromatic rings. The van der Waals surface area contributed by atoms with Gasteiger partial charge in [-0.2, -0.15) is 0 Å². The van der Waals surface area contributed by atoms with Gasteiger partial charge in [0.1, 0.15) is 11.6 Å². The van der Waals surface area contributed by atoms with Crippen LogP contribution in [-0.4, -0.2) is 19.0 Å². The third-order valence-corrected chi connectivity index (χ3v) is 3.50. The van der Waals surface area contributed by atoms with Gasteiger partial charge in [-0.15, -0.1) is 12.4 Å². The van der Waals surface area contributed by atoms with Crippen LogP contribution in [0.25, 0.3) is 0 Å². The van der Waals surface area contributed by atoms with E-state index in [1.165, 1.54) is 12.1 Å². The first kappa shape index (κ1) is 16.9. The number of nitrogens with one attached hydrogen (secondary N) is 2. The van der Waals surface area contributed by atoms with Gasteiger partial charge in [0.25, 0.3) is 0 Å². The predicted octanol–water partition coefficient (Wildman–Crippen LogP) is 2.56. The Morgan fingerprint density at radius 2 is 2.00 bits per heavy atom. The lowest BCUT2D eigenvalue weighted by Crippen LogP contribution is -2.39. The lowest BCUT2D eigenvalue weighted by atomic mass is 9.96. The molecule has 1 aromatic carbocycles. The molecule has 2 rings (SSSR count). The van der Waals surface area contributed by atoms with Gasteiger partial charge >= 0.3 is 0 Å². The number of hydrogen-bond donors (Lipinski definition) is 2. The van der Waals surface area contributed by atoms with Crippen molar-refractivity contribution in [2.75, 3.05) is 13.1 Å². The van der Waals surface area contributed by atoms with Gasteiger partial charge in [0.05, 0.1) is 6.04 Å². The van der Waals surface area contributed by atoms with Crippen LogP contribution in [0.2, 0.25) is 0 Å². The fourth-order valence-corrected chi connectivity index (χ4v) is 2.35. The summed E-state index contributed by atoms with van der Waals surface area (Å²) in [7, 11) is 0. The second-order valence-corrected chi connectivity index (χ2v) is 4.92. The molecule has 1 amide bonds. The second kappa shape index (κ2) is 7.55. The highest BCUT2D eigenvalue weighted by molar-refractivity contribution is 5.85. The Morgan fingerprint density at radius 1 is 1.35 bits per heavy atom. The molecule has 2 N–H and O–H groups in total. The normalized spacial score (nSPS) is 17.1. The predicted molar refractivity (Wildman–Crippen MR) is 75.8 cm³/mol. The fourth-order valence-electron chi connectivity index (χ4n) is 2.35. The number of halogens is 3. The molecule has 0 bridgehead atoms. The molecule has 0 aromatic heterocycles. The number of benzene rings is 1. The SMILES string of the molecule is CC(NC(=O)C1CCNCC1)c1ccc(F)cc1F.Cl. The molecule has 20 heavy (non-hydrogen) atoms. The van der Waals surface area contributed by atoms with Crippen molar-refractivity contribution < 1.29 is 13.6 Å². The molecule has 6 heteroatoms. The smallest absolute Gasteiger partial charge is 0.223 e. The van der Waals surface area contributed by atoms with Gasteiger partial charge in [0, 0.05) is 17.5 Å². The molecule has 1 aliphatic heterocycles. The summed E-state index contributed by atoms with van der Waals surface area (Å²) in [6, 6.07) is 2.95. The van der Waals surface area contributed by atoms with E-state index in [1.54, 1.807) is 6.92 Å². The maximum absolute atomic E-state index is 13.6. The molecule has 1 aliphatic rings. The number of piperidine rings is 1. The molecule has 1 saturated heterocycles. The van der Waals surface area contributed by atoms with E-state index in [0.717, 1.165) is 32.0 Å². The molecule has 0 aliphatic carbocycles. The Hall–Kier alpha value is -1.20. The molecule has 112 valence electrons. The zero-order valence-corrected chi connectivity index (χ0v) is 12.1. The molecule has 0 radical (unpaired) electrons. The summed E-state index contributed by atoms with van der Waals surface area (Å²) >= 11 is 0. The monoisotopic (exact) mass is 304 g/mol. The van der Waals surface area contributed by atoms with E-state index in [2.05, 4.69) is 10.6 Å². The first-order chi connectivity index (χ1) is 9.08. The number of rotatable bonds is 3. The summed E-state index contributed by atoms with van der Waals surface area (Å²) in [5, 5.41) is 5.99. The van der Waals surface area contributed by atoms with Crippen molar-refractivity contribution in [3.8, 4) is 0 Å². The van der Waals surface area contributed by atoms with E-state index in [9.17, 15) is 13.6 Å². The van der Waals surface area contributed by atoms with Gasteiger partial charge in [-0.3, -0.25) is 4.79 Å². The van der Waals surface area contributed by atoms with Crippen molar-refractivity contribution in [3.63, 3.8) is 0 Å². The first-order valence-electron chi connectivity index (χ1n) is 6.54. The second-order valence-electron chi connectivity index (χ2n) is 4.92. The van der Waals surface area contributed by atoms with Crippen LogP contribution in [0.5, 0.6) is 0 Å². The maximum Gasteiger partial charge on any atom is 0.223 e. The number of carbonyl (C=O) groups is 1. The van der Waals surface area contributed by atoms with Gasteiger partial charge in [0.2, 0.25) is 5.91 Å². The Balaban J connectivity index is 0.00000200. The van der Waals surface area contributed by atoms with Crippen molar-refractivity contribution in [2.24, 2.45) is 5.92 Å². The standard InChI is InChI=1S/C14H18F2N2O.ClH/c1-9(12-3-2-11(15)8-13(12)16)18-14(19)10-4-6-17-7-5-10;/h2-3,8-10,17H,4-7H2,1H3,(H,18,19);1H. The number of carbonyl (C=O) groups excluding carboxylic acids is 1. The third kappa shape index (κ3) is 4.15. The average molecular weight is 305 g/mol. The molecule has 1 atom stereocenters.